The first-order chi connectivity index (χ1) is 16.3. The molecule has 34 heavy (non-hydrogen) atoms. The number of carbonyl (C=O) groups is 1. The van der Waals surface area contributed by atoms with E-state index in [0.717, 1.165) is 24.8 Å². The lowest BCUT2D eigenvalue weighted by molar-refractivity contribution is -0.120. The first-order valence-corrected chi connectivity index (χ1v) is 13.6. The van der Waals surface area contributed by atoms with Crippen molar-refractivity contribution in [3.63, 3.8) is 0 Å². The van der Waals surface area contributed by atoms with Gasteiger partial charge in [0.2, 0.25) is 5.91 Å². The average molecular weight is 488 g/mol. The molecule has 0 radical (unpaired) electrons. The van der Waals surface area contributed by atoms with E-state index < -0.39 is 15.4 Å². The summed E-state index contributed by atoms with van der Waals surface area (Å²) in [7, 11) is -0.346. The number of nitrogens with one attached hydrogen (secondary N) is 3. The van der Waals surface area contributed by atoms with Gasteiger partial charge in [0.1, 0.15) is 5.75 Å². The highest BCUT2D eigenvalue weighted by molar-refractivity contribution is 7.91. The first kappa shape index (κ1) is 26.2. The van der Waals surface area contributed by atoms with Gasteiger partial charge in [-0.1, -0.05) is 57.0 Å². The molecular weight excluding hydrogens is 450 g/mol. The molecule has 186 valence electrons. The summed E-state index contributed by atoms with van der Waals surface area (Å²) in [6.07, 6.45) is 3.42. The second-order valence-corrected chi connectivity index (χ2v) is 11.0. The smallest absolute Gasteiger partial charge is 0.234 e. The fourth-order valence-electron chi connectivity index (χ4n) is 4.67. The number of rotatable bonds is 10. The van der Waals surface area contributed by atoms with E-state index in [1.54, 1.807) is 20.2 Å². The SMILES string of the molecule is CCCC[C@]1(CC)CS(=O)(=O)c2cc(CNC(=O)CNC)c(OC)cc2[C@@H](c2ccccc2)N1. The van der Waals surface area contributed by atoms with Crippen LogP contribution in [0.4, 0.5) is 0 Å². The molecular formula is C26H37N3O4S. The Kier molecular flexibility index (Phi) is 8.73. The molecule has 0 saturated carbocycles. The highest BCUT2D eigenvalue weighted by Gasteiger charge is 2.42. The van der Waals surface area contributed by atoms with Crippen LogP contribution in [0.1, 0.15) is 62.3 Å². The molecule has 2 aromatic carbocycles. The summed E-state index contributed by atoms with van der Waals surface area (Å²) in [6, 6.07) is 13.2. The Balaban J connectivity index is 2.16. The normalized spacial score (nSPS) is 21.4. The molecule has 0 bridgehead atoms. The Morgan fingerprint density at radius 3 is 2.56 bits per heavy atom. The molecule has 1 amide bonds. The monoisotopic (exact) mass is 487 g/mol. The van der Waals surface area contributed by atoms with E-state index in [1.807, 2.05) is 36.4 Å². The molecule has 8 heteroatoms. The number of hydrogen-bond donors (Lipinski definition) is 3. The van der Waals surface area contributed by atoms with Crippen molar-refractivity contribution in [2.45, 2.75) is 62.6 Å². The summed E-state index contributed by atoms with van der Waals surface area (Å²) in [5.74, 6) is 0.416. The molecule has 0 saturated heterocycles. The molecule has 0 unspecified atom stereocenters. The second-order valence-electron chi connectivity index (χ2n) is 8.99. The quantitative estimate of drug-likeness (QED) is 0.476. The summed E-state index contributed by atoms with van der Waals surface area (Å²) in [4.78, 5) is 12.3. The number of hydrogen-bond acceptors (Lipinski definition) is 6. The number of unbranched alkanes of at least 4 members (excludes halogenated alkanes) is 1. The Hall–Kier alpha value is -2.42. The van der Waals surface area contributed by atoms with Gasteiger partial charge >= 0.3 is 0 Å². The van der Waals surface area contributed by atoms with E-state index in [4.69, 9.17) is 4.74 Å². The minimum absolute atomic E-state index is 0.0325. The van der Waals surface area contributed by atoms with Crippen LogP contribution in [0.3, 0.4) is 0 Å². The van der Waals surface area contributed by atoms with Crippen LogP contribution in [0, 0.1) is 0 Å². The lowest BCUT2D eigenvalue weighted by Gasteiger charge is -2.36. The van der Waals surface area contributed by atoms with Crippen molar-refractivity contribution in [2.75, 3.05) is 26.5 Å². The summed E-state index contributed by atoms with van der Waals surface area (Å²) in [5.41, 5.74) is 1.79. The maximum absolute atomic E-state index is 13.8. The van der Waals surface area contributed by atoms with Crippen molar-refractivity contribution in [2.24, 2.45) is 0 Å². The van der Waals surface area contributed by atoms with Crippen LogP contribution in [-0.4, -0.2) is 46.3 Å². The molecule has 0 spiro atoms. The molecule has 1 heterocycles. The number of benzene rings is 2. The number of carbonyl (C=O) groups excluding carboxylic acids is 1. The topological polar surface area (TPSA) is 96.5 Å². The Morgan fingerprint density at radius 2 is 1.94 bits per heavy atom. The zero-order valence-electron chi connectivity index (χ0n) is 20.6. The molecule has 0 aliphatic carbocycles. The van der Waals surface area contributed by atoms with E-state index >= 15 is 0 Å². The molecule has 3 rings (SSSR count). The van der Waals surface area contributed by atoms with Crippen molar-refractivity contribution < 1.29 is 17.9 Å². The van der Waals surface area contributed by atoms with Gasteiger partial charge in [-0.15, -0.1) is 0 Å². The Bertz CT molecular complexity index is 1090. The maximum atomic E-state index is 13.8. The van der Waals surface area contributed by atoms with Crippen molar-refractivity contribution >= 4 is 15.7 Å². The third-order valence-electron chi connectivity index (χ3n) is 6.61. The summed E-state index contributed by atoms with van der Waals surface area (Å²) in [5, 5.41) is 9.41. The van der Waals surface area contributed by atoms with E-state index in [2.05, 4.69) is 29.8 Å². The van der Waals surface area contributed by atoms with Gasteiger partial charge in [-0.25, -0.2) is 8.42 Å². The molecule has 2 aromatic rings. The zero-order chi connectivity index (χ0) is 24.8. The van der Waals surface area contributed by atoms with Crippen LogP contribution in [0.15, 0.2) is 47.4 Å². The van der Waals surface area contributed by atoms with Crippen LogP contribution in [0.25, 0.3) is 0 Å². The molecule has 0 fully saturated rings. The Labute approximate surface area is 203 Å². The maximum Gasteiger partial charge on any atom is 0.234 e. The van der Waals surface area contributed by atoms with Gasteiger partial charge in [0.15, 0.2) is 9.84 Å². The first-order valence-electron chi connectivity index (χ1n) is 12.0. The van der Waals surface area contributed by atoms with Gasteiger partial charge in [-0.3, -0.25) is 10.1 Å². The van der Waals surface area contributed by atoms with Crippen LogP contribution in [0.2, 0.25) is 0 Å². The fourth-order valence-corrected chi connectivity index (χ4v) is 6.85. The zero-order valence-corrected chi connectivity index (χ0v) is 21.4. The number of ether oxygens (including phenoxy) is 1. The van der Waals surface area contributed by atoms with E-state index in [-0.39, 0.29) is 30.8 Å². The highest BCUT2D eigenvalue weighted by atomic mass is 32.2. The molecule has 1 aliphatic heterocycles. The summed E-state index contributed by atoms with van der Waals surface area (Å²) >= 11 is 0. The van der Waals surface area contributed by atoms with Gasteiger partial charge < -0.3 is 15.4 Å². The van der Waals surface area contributed by atoms with Crippen molar-refractivity contribution in [3.8, 4) is 5.75 Å². The van der Waals surface area contributed by atoms with Gasteiger partial charge in [0.25, 0.3) is 0 Å². The number of likely N-dealkylation sites (N-methyl/N-ethyl adjacent to an activating group) is 1. The van der Waals surface area contributed by atoms with E-state index in [1.165, 1.54) is 0 Å². The van der Waals surface area contributed by atoms with Crippen LogP contribution in [-0.2, 0) is 21.2 Å². The number of fused-ring (bicyclic) bond motifs is 1. The summed E-state index contributed by atoms with van der Waals surface area (Å²) in [6.45, 7) is 4.55. The van der Waals surface area contributed by atoms with Gasteiger partial charge in [-0.2, -0.15) is 0 Å². The predicted molar refractivity (Wildman–Crippen MR) is 135 cm³/mol. The third-order valence-corrected chi connectivity index (χ3v) is 8.56. The number of sulfone groups is 1. The molecule has 2 atom stereocenters. The predicted octanol–water partition coefficient (Wildman–Crippen LogP) is 3.34. The third kappa shape index (κ3) is 5.79. The van der Waals surface area contributed by atoms with Gasteiger partial charge in [0, 0.05) is 17.6 Å². The van der Waals surface area contributed by atoms with Crippen LogP contribution >= 0.6 is 0 Å². The van der Waals surface area contributed by atoms with E-state index in [9.17, 15) is 13.2 Å². The van der Waals surface area contributed by atoms with Crippen LogP contribution < -0.4 is 20.7 Å². The lowest BCUT2D eigenvalue weighted by Crippen LogP contribution is -2.50. The van der Waals surface area contributed by atoms with Crippen molar-refractivity contribution in [1.29, 1.82) is 0 Å². The standard InChI is InChI=1S/C26H37N3O4S/c1-5-7-13-26(6-2)18-34(31,32)23-14-20(16-28-24(30)17-27-3)22(33-4)15-21(23)25(29-26)19-11-9-8-10-12-19/h8-12,14-15,25,27,29H,5-7,13,16-18H2,1-4H3,(H,28,30)/t25-,26-/m1/s1. The second kappa shape index (κ2) is 11.3. The summed E-state index contributed by atoms with van der Waals surface area (Å²) < 4.78 is 33.3. The average Bonchev–Trinajstić information content (AvgIpc) is 2.93. The largest absolute Gasteiger partial charge is 0.496 e. The number of amides is 1. The van der Waals surface area contributed by atoms with Gasteiger partial charge in [-0.05, 0) is 43.1 Å². The van der Waals surface area contributed by atoms with Gasteiger partial charge in [0.05, 0.1) is 30.3 Å². The molecule has 0 aromatic heterocycles. The molecule has 3 N–H and O–H groups in total. The van der Waals surface area contributed by atoms with Crippen molar-refractivity contribution in [1.82, 2.24) is 16.0 Å². The van der Waals surface area contributed by atoms with Crippen molar-refractivity contribution in [3.05, 3.63) is 59.2 Å². The Morgan fingerprint density at radius 1 is 1.21 bits per heavy atom. The van der Waals surface area contributed by atoms with E-state index in [0.29, 0.717) is 28.2 Å². The molecule has 7 nitrogen and oxygen atoms in total. The lowest BCUT2D eigenvalue weighted by atomic mass is 9.88. The highest BCUT2D eigenvalue weighted by Crippen LogP contribution is 2.40. The minimum Gasteiger partial charge on any atom is -0.496 e. The van der Waals surface area contributed by atoms with Crippen LogP contribution in [0.5, 0.6) is 5.75 Å². The number of methoxy groups -OCH3 is 1. The molecule has 1 aliphatic rings. The minimum atomic E-state index is -3.61. The fraction of sp³-hybridized carbons (Fsp3) is 0.500.